The summed E-state index contributed by atoms with van der Waals surface area (Å²) in [6.07, 6.45) is 0.728. The number of benzene rings is 1. The van der Waals surface area contributed by atoms with Crippen LogP contribution in [0.5, 0.6) is 5.75 Å². The molecule has 1 aromatic carbocycles. The van der Waals surface area contributed by atoms with E-state index in [0.717, 1.165) is 0 Å². The number of carbonyl (C=O) groups excluding carboxylic acids is 2. The number of primary amides is 1. The monoisotopic (exact) mass is 293 g/mol. The van der Waals surface area contributed by atoms with Crippen LogP contribution in [-0.4, -0.2) is 24.5 Å². The number of para-hydroxylation sites is 2. The number of hydrogen-bond donors (Lipinski definition) is 3. The van der Waals surface area contributed by atoms with Crippen molar-refractivity contribution in [2.75, 3.05) is 11.9 Å². The van der Waals surface area contributed by atoms with Crippen LogP contribution in [0.15, 0.2) is 24.3 Å². The lowest BCUT2D eigenvalue weighted by atomic mass is 10.0. The van der Waals surface area contributed by atoms with Gasteiger partial charge in [-0.25, -0.2) is 0 Å². The SMILES string of the molecule is CC(C)C[C@H](N)C(=O)Nc1ccccc1OCCC(N)=O. The Bertz CT molecular complexity index is 489. The van der Waals surface area contributed by atoms with Gasteiger partial charge >= 0.3 is 0 Å². The van der Waals surface area contributed by atoms with Crippen molar-refractivity contribution in [1.29, 1.82) is 0 Å². The quantitative estimate of drug-likeness (QED) is 0.670. The summed E-state index contributed by atoms with van der Waals surface area (Å²) < 4.78 is 5.45. The first-order chi connectivity index (χ1) is 9.90. The number of rotatable bonds is 8. The first-order valence-corrected chi connectivity index (χ1v) is 6.96. The lowest BCUT2D eigenvalue weighted by Crippen LogP contribution is -2.36. The van der Waals surface area contributed by atoms with Crippen LogP contribution < -0.4 is 21.5 Å². The maximum atomic E-state index is 12.0. The van der Waals surface area contributed by atoms with Crippen LogP contribution in [0.2, 0.25) is 0 Å². The van der Waals surface area contributed by atoms with Crippen LogP contribution >= 0.6 is 0 Å². The average molecular weight is 293 g/mol. The summed E-state index contributed by atoms with van der Waals surface area (Å²) in [6.45, 7) is 4.18. The molecule has 0 radical (unpaired) electrons. The molecule has 6 heteroatoms. The van der Waals surface area contributed by atoms with Crippen molar-refractivity contribution in [3.63, 3.8) is 0 Å². The van der Waals surface area contributed by atoms with E-state index in [1.54, 1.807) is 24.3 Å². The van der Waals surface area contributed by atoms with Gasteiger partial charge in [0.25, 0.3) is 0 Å². The van der Waals surface area contributed by atoms with Crippen molar-refractivity contribution < 1.29 is 14.3 Å². The highest BCUT2D eigenvalue weighted by atomic mass is 16.5. The zero-order valence-corrected chi connectivity index (χ0v) is 12.5. The van der Waals surface area contributed by atoms with Crippen molar-refractivity contribution in [3.05, 3.63) is 24.3 Å². The van der Waals surface area contributed by atoms with E-state index >= 15 is 0 Å². The molecule has 0 heterocycles. The number of amides is 2. The van der Waals surface area contributed by atoms with Gasteiger partial charge in [0.15, 0.2) is 0 Å². The van der Waals surface area contributed by atoms with E-state index in [-0.39, 0.29) is 18.9 Å². The molecule has 116 valence electrons. The molecule has 0 unspecified atom stereocenters. The minimum atomic E-state index is -0.566. The van der Waals surface area contributed by atoms with E-state index in [0.29, 0.717) is 23.8 Å². The molecule has 0 saturated heterocycles. The van der Waals surface area contributed by atoms with E-state index in [2.05, 4.69) is 5.32 Å². The number of hydrogen-bond acceptors (Lipinski definition) is 4. The van der Waals surface area contributed by atoms with Gasteiger partial charge in [0, 0.05) is 0 Å². The summed E-state index contributed by atoms with van der Waals surface area (Å²) in [6, 6.07) is 6.43. The molecule has 1 aromatic rings. The molecule has 0 saturated carbocycles. The molecule has 5 N–H and O–H groups in total. The molecule has 0 aliphatic rings. The lowest BCUT2D eigenvalue weighted by Gasteiger charge is -2.16. The molecule has 6 nitrogen and oxygen atoms in total. The molecular formula is C15H23N3O3. The minimum absolute atomic E-state index is 0.120. The second-order valence-corrected chi connectivity index (χ2v) is 5.29. The maximum Gasteiger partial charge on any atom is 0.241 e. The fraction of sp³-hybridized carbons (Fsp3) is 0.467. The van der Waals surface area contributed by atoms with Gasteiger partial charge in [-0.05, 0) is 24.5 Å². The molecule has 0 spiro atoms. The van der Waals surface area contributed by atoms with Crippen LogP contribution in [-0.2, 0) is 9.59 Å². The Kier molecular flexibility index (Phi) is 6.68. The Morgan fingerprint density at radius 1 is 1.29 bits per heavy atom. The highest BCUT2D eigenvalue weighted by molar-refractivity contribution is 5.95. The van der Waals surface area contributed by atoms with Crippen LogP contribution in [0.1, 0.15) is 26.7 Å². The molecule has 0 aliphatic carbocycles. The van der Waals surface area contributed by atoms with Gasteiger partial charge in [0.05, 0.1) is 24.8 Å². The summed E-state index contributed by atoms with van der Waals surface area (Å²) in [5, 5.41) is 2.75. The van der Waals surface area contributed by atoms with Gasteiger partial charge in [0.1, 0.15) is 5.75 Å². The maximum absolute atomic E-state index is 12.0. The van der Waals surface area contributed by atoms with Crippen LogP contribution in [0, 0.1) is 5.92 Å². The summed E-state index contributed by atoms with van der Waals surface area (Å²) in [7, 11) is 0. The first kappa shape index (κ1) is 17.0. The molecule has 1 rings (SSSR count). The smallest absolute Gasteiger partial charge is 0.241 e. The van der Waals surface area contributed by atoms with Crippen molar-refractivity contribution in [1.82, 2.24) is 0 Å². The molecule has 0 fully saturated rings. The summed E-state index contributed by atoms with van der Waals surface area (Å²) >= 11 is 0. The summed E-state index contributed by atoms with van der Waals surface area (Å²) in [4.78, 5) is 22.7. The van der Waals surface area contributed by atoms with Crippen molar-refractivity contribution >= 4 is 17.5 Å². The van der Waals surface area contributed by atoms with E-state index in [1.807, 2.05) is 13.8 Å². The standard InChI is InChI=1S/C15H23N3O3/c1-10(2)9-11(16)15(20)18-12-5-3-4-6-13(12)21-8-7-14(17)19/h3-6,10-11H,7-9,16H2,1-2H3,(H2,17,19)(H,18,20)/t11-/m0/s1. The van der Waals surface area contributed by atoms with Gasteiger partial charge in [-0.2, -0.15) is 0 Å². The van der Waals surface area contributed by atoms with Crippen LogP contribution in [0.3, 0.4) is 0 Å². The molecule has 0 bridgehead atoms. The number of carbonyl (C=O) groups is 2. The zero-order chi connectivity index (χ0) is 15.8. The van der Waals surface area contributed by atoms with E-state index in [9.17, 15) is 9.59 Å². The second-order valence-electron chi connectivity index (χ2n) is 5.29. The third kappa shape index (κ3) is 6.27. The average Bonchev–Trinajstić information content (AvgIpc) is 2.39. The largest absolute Gasteiger partial charge is 0.491 e. The predicted molar refractivity (Wildman–Crippen MR) is 81.8 cm³/mol. The number of ether oxygens (including phenoxy) is 1. The van der Waals surface area contributed by atoms with E-state index in [4.69, 9.17) is 16.2 Å². The topological polar surface area (TPSA) is 107 Å². The first-order valence-electron chi connectivity index (χ1n) is 6.96. The molecule has 21 heavy (non-hydrogen) atoms. The van der Waals surface area contributed by atoms with Crippen molar-refractivity contribution in [3.8, 4) is 5.75 Å². The Morgan fingerprint density at radius 2 is 1.95 bits per heavy atom. The lowest BCUT2D eigenvalue weighted by molar-refractivity contribution is -0.119. The molecule has 1 atom stereocenters. The zero-order valence-electron chi connectivity index (χ0n) is 12.5. The molecule has 0 aliphatic heterocycles. The number of nitrogens with one attached hydrogen (secondary N) is 1. The summed E-state index contributed by atoms with van der Waals surface area (Å²) in [5.41, 5.74) is 11.4. The fourth-order valence-electron chi connectivity index (χ4n) is 1.80. The number of anilines is 1. The van der Waals surface area contributed by atoms with Gasteiger partial charge in [0.2, 0.25) is 11.8 Å². The van der Waals surface area contributed by atoms with Gasteiger partial charge in [-0.3, -0.25) is 9.59 Å². The Hall–Kier alpha value is -2.08. The molecule has 0 aromatic heterocycles. The van der Waals surface area contributed by atoms with Gasteiger partial charge in [-0.1, -0.05) is 26.0 Å². The third-order valence-electron chi connectivity index (χ3n) is 2.81. The Morgan fingerprint density at radius 3 is 2.57 bits per heavy atom. The number of nitrogens with two attached hydrogens (primary N) is 2. The molecular weight excluding hydrogens is 270 g/mol. The normalized spacial score (nSPS) is 12.0. The summed E-state index contributed by atoms with van der Waals surface area (Å²) in [5.74, 6) is 0.141. The van der Waals surface area contributed by atoms with Gasteiger partial charge in [-0.15, -0.1) is 0 Å². The van der Waals surface area contributed by atoms with Crippen LogP contribution in [0.25, 0.3) is 0 Å². The Labute approximate surface area is 124 Å². The van der Waals surface area contributed by atoms with Crippen LogP contribution in [0.4, 0.5) is 5.69 Å². The highest BCUT2D eigenvalue weighted by Gasteiger charge is 2.16. The van der Waals surface area contributed by atoms with Crippen molar-refractivity contribution in [2.24, 2.45) is 17.4 Å². The van der Waals surface area contributed by atoms with E-state index < -0.39 is 11.9 Å². The molecule has 2 amide bonds. The van der Waals surface area contributed by atoms with Crippen molar-refractivity contribution in [2.45, 2.75) is 32.7 Å². The second kappa shape index (κ2) is 8.26. The minimum Gasteiger partial charge on any atom is -0.491 e. The Balaban J connectivity index is 2.65. The fourth-order valence-corrected chi connectivity index (χ4v) is 1.80. The predicted octanol–water partition coefficient (Wildman–Crippen LogP) is 1.25. The highest BCUT2D eigenvalue weighted by Crippen LogP contribution is 2.24. The third-order valence-corrected chi connectivity index (χ3v) is 2.81. The van der Waals surface area contributed by atoms with Gasteiger partial charge < -0.3 is 21.5 Å². The van der Waals surface area contributed by atoms with E-state index in [1.165, 1.54) is 0 Å².